The maximum absolute atomic E-state index is 12.4. The summed E-state index contributed by atoms with van der Waals surface area (Å²) in [5.41, 5.74) is 4.07. The number of carbonyl (C=O) groups is 2. The molecule has 0 spiro atoms. The van der Waals surface area contributed by atoms with E-state index in [4.69, 9.17) is 0 Å². The molecule has 1 N–H and O–H groups in total. The molecule has 2 aromatic rings. The minimum atomic E-state index is -0.992. The van der Waals surface area contributed by atoms with Crippen LogP contribution in [0, 0.1) is 0 Å². The minimum absolute atomic E-state index is 0.148. The standard InChI is InChI=1S/C15H14N2O3S/c18-13(7-11-8-21-9-16-11)17-6-5-10-3-1-2-4-12(10)14(17)15(19)20/h1-4,8-9,14H,5-7H2,(H,19,20). The molecule has 0 bridgehead atoms. The van der Waals surface area contributed by atoms with Gasteiger partial charge in [0.25, 0.3) is 0 Å². The Kier molecular flexibility index (Phi) is 3.70. The number of hydrogen-bond donors (Lipinski definition) is 1. The number of benzene rings is 1. The van der Waals surface area contributed by atoms with Gasteiger partial charge in [-0.2, -0.15) is 0 Å². The lowest BCUT2D eigenvalue weighted by Gasteiger charge is -2.34. The van der Waals surface area contributed by atoms with Crippen LogP contribution in [0.1, 0.15) is 22.9 Å². The summed E-state index contributed by atoms with van der Waals surface area (Å²) in [5, 5.41) is 11.3. The van der Waals surface area contributed by atoms with Gasteiger partial charge in [-0.05, 0) is 17.5 Å². The summed E-state index contributed by atoms with van der Waals surface area (Å²) < 4.78 is 0. The first-order chi connectivity index (χ1) is 10.2. The Morgan fingerprint density at radius 2 is 2.19 bits per heavy atom. The molecule has 2 heterocycles. The lowest BCUT2D eigenvalue weighted by atomic mass is 9.92. The fourth-order valence-corrected chi connectivity index (χ4v) is 3.24. The third-order valence-corrected chi connectivity index (χ3v) is 4.29. The van der Waals surface area contributed by atoms with Gasteiger partial charge < -0.3 is 10.0 Å². The molecule has 0 fully saturated rings. The fourth-order valence-electron chi connectivity index (χ4n) is 2.68. The second-order valence-corrected chi connectivity index (χ2v) is 5.65. The molecule has 1 atom stereocenters. The van der Waals surface area contributed by atoms with Gasteiger partial charge in [-0.1, -0.05) is 24.3 Å². The predicted molar refractivity (Wildman–Crippen MR) is 78.1 cm³/mol. The van der Waals surface area contributed by atoms with Gasteiger partial charge in [0, 0.05) is 11.9 Å². The molecule has 5 nitrogen and oxygen atoms in total. The number of thiazole rings is 1. The van der Waals surface area contributed by atoms with Crippen LogP contribution in [-0.4, -0.2) is 33.4 Å². The maximum atomic E-state index is 12.4. The van der Waals surface area contributed by atoms with E-state index in [1.54, 1.807) is 11.6 Å². The van der Waals surface area contributed by atoms with Crippen molar-refractivity contribution in [2.75, 3.05) is 6.54 Å². The van der Waals surface area contributed by atoms with Crippen molar-refractivity contribution in [1.82, 2.24) is 9.88 Å². The monoisotopic (exact) mass is 302 g/mol. The van der Waals surface area contributed by atoms with Gasteiger partial charge >= 0.3 is 5.97 Å². The highest BCUT2D eigenvalue weighted by Crippen LogP contribution is 2.30. The Hall–Kier alpha value is -2.21. The van der Waals surface area contributed by atoms with E-state index in [9.17, 15) is 14.7 Å². The van der Waals surface area contributed by atoms with Gasteiger partial charge in [0.15, 0.2) is 6.04 Å². The van der Waals surface area contributed by atoms with Crippen LogP contribution in [0.3, 0.4) is 0 Å². The van der Waals surface area contributed by atoms with E-state index in [0.29, 0.717) is 24.2 Å². The molecule has 1 amide bonds. The van der Waals surface area contributed by atoms with Crippen molar-refractivity contribution in [3.63, 3.8) is 0 Å². The highest BCUT2D eigenvalue weighted by atomic mass is 32.1. The van der Waals surface area contributed by atoms with Crippen LogP contribution in [0.25, 0.3) is 0 Å². The van der Waals surface area contributed by atoms with Crippen molar-refractivity contribution >= 4 is 23.2 Å². The number of fused-ring (bicyclic) bond motifs is 1. The molecule has 1 unspecified atom stereocenters. The molecule has 1 aliphatic rings. The number of aliphatic carboxylic acids is 1. The van der Waals surface area contributed by atoms with Crippen molar-refractivity contribution < 1.29 is 14.7 Å². The second-order valence-electron chi connectivity index (χ2n) is 4.93. The second kappa shape index (κ2) is 5.65. The van der Waals surface area contributed by atoms with Crippen molar-refractivity contribution in [3.8, 4) is 0 Å². The molecule has 0 saturated heterocycles. The van der Waals surface area contributed by atoms with Gasteiger partial charge in [0.2, 0.25) is 5.91 Å². The van der Waals surface area contributed by atoms with Crippen LogP contribution in [0.4, 0.5) is 0 Å². The van der Waals surface area contributed by atoms with E-state index in [2.05, 4.69) is 4.98 Å². The number of nitrogens with zero attached hydrogens (tertiary/aromatic N) is 2. The fraction of sp³-hybridized carbons (Fsp3) is 0.267. The van der Waals surface area contributed by atoms with E-state index in [-0.39, 0.29) is 12.3 Å². The highest BCUT2D eigenvalue weighted by molar-refractivity contribution is 7.07. The maximum Gasteiger partial charge on any atom is 0.331 e. The zero-order chi connectivity index (χ0) is 14.8. The zero-order valence-corrected chi connectivity index (χ0v) is 12.0. The van der Waals surface area contributed by atoms with Crippen LogP contribution in [0.15, 0.2) is 35.2 Å². The molecule has 0 saturated carbocycles. The summed E-state index contributed by atoms with van der Waals surface area (Å²) in [4.78, 5) is 29.6. The van der Waals surface area contributed by atoms with Crippen molar-refractivity contribution in [3.05, 3.63) is 52.0 Å². The van der Waals surface area contributed by atoms with Crippen LogP contribution >= 0.6 is 11.3 Å². The van der Waals surface area contributed by atoms with Crippen LogP contribution in [-0.2, 0) is 22.4 Å². The third kappa shape index (κ3) is 2.67. The van der Waals surface area contributed by atoms with Crippen molar-refractivity contribution in [2.24, 2.45) is 0 Å². The zero-order valence-electron chi connectivity index (χ0n) is 11.2. The first-order valence-corrected chi connectivity index (χ1v) is 7.58. The average Bonchev–Trinajstić information content (AvgIpc) is 2.98. The lowest BCUT2D eigenvalue weighted by molar-refractivity contribution is -0.151. The molecule has 108 valence electrons. The normalized spacial score (nSPS) is 17.3. The first kappa shape index (κ1) is 13.8. The number of hydrogen-bond acceptors (Lipinski definition) is 4. The SMILES string of the molecule is O=C(O)C1c2ccccc2CCN1C(=O)Cc1cscn1. The molecule has 1 aliphatic heterocycles. The number of carbonyl (C=O) groups excluding carboxylic acids is 1. The Morgan fingerprint density at radius 1 is 1.38 bits per heavy atom. The summed E-state index contributed by atoms with van der Waals surface area (Å²) in [6.45, 7) is 0.428. The van der Waals surface area contributed by atoms with Gasteiger partial charge in [0.05, 0.1) is 17.6 Å². The minimum Gasteiger partial charge on any atom is -0.479 e. The van der Waals surface area contributed by atoms with Gasteiger partial charge in [-0.25, -0.2) is 9.78 Å². The van der Waals surface area contributed by atoms with Gasteiger partial charge in [-0.3, -0.25) is 4.79 Å². The number of carboxylic acids is 1. The van der Waals surface area contributed by atoms with E-state index in [1.165, 1.54) is 16.2 Å². The summed E-state index contributed by atoms with van der Waals surface area (Å²) in [6.07, 6.45) is 0.832. The van der Waals surface area contributed by atoms with Gasteiger partial charge in [-0.15, -0.1) is 11.3 Å². The molecule has 1 aromatic carbocycles. The van der Waals surface area contributed by atoms with E-state index in [0.717, 1.165) is 5.56 Å². The molecule has 6 heteroatoms. The molecule has 3 rings (SSSR count). The number of amides is 1. The Bertz CT molecular complexity index is 669. The predicted octanol–water partition coefficient (Wildman–Crippen LogP) is 1.90. The number of carboxylic acid groups (broad SMARTS) is 1. The summed E-state index contributed by atoms with van der Waals surface area (Å²) in [5.74, 6) is -1.18. The van der Waals surface area contributed by atoms with Crippen molar-refractivity contribution in [1.29, 1.82) is 0 Å². The number of aromatic nitrogens is 1. The smallest absolute Gasteiger partial charge is 0.331 e. The Balaban J connectivity index is 1.88. The van der Waals surface area contributed by atoms with Gasteiger partial charge in [0.1, 0.15) is 0 Å². The molecule has 0 radical (unpaired) electrons. The Morgan fingerprint density at radius 3 is 2.90 bits per heavy atom. The highest BCUT2D eigenvalue weighted by Gasteiger charge is 2.35. The van der Waals surface area contributed by atoms with E-state index < -0.39 is 12.0 Å². The van der Waals surface area contributed by atoms with E-state index in [1.807, 2.05) is 23.6 Å². The molecular weight excluding hydrogens is 288 g/mol. The molecule has 0 aliphatic carbocycles. The Labute approximate surface area is 125 Å². The quantitative estimate of drug-likeness (QED) is 0.940. The van der Waals surface area contributed by atoms with E-state index >= 15 is 0 Å². The third-order valence-electron chi connectivity index (χ3n) is 3.65. The average molecular weight is 302 g/mol. The summed E-state index contributed by atoms with van der Waals surface area (Å²) in [7, 11) is 0. The van der Waals surface area contributed by atoms with Crippen LogP contribution in [0.2, 0.25) is 0 Å². The van der Waals surface area contributed by atoms with Crippen LogP contribution < -0.4 is 0 Å². The summed E-state index contributed by atoms with van der Waals surface area (Å²) in [6, 6.07) is 6.51. The lowest BCUT2D eigenvalue weighted by Crippen LogP contribution is -2.44. The molecule has 21 heavy (non-hydrogen) atoms. The topological polar surface area (TPSA) is 70.5 Å². The summed E-state index contributed by atoms with van der Waals surface area (Å²) >= 11 is 1.43. The first-order valence-electron chi connectivity index (χ1n) is 6.64. The molecular formula is C15H14N2O3S. The van der Waals surface area contributed by atoms with Crippen molar-refractivity contribution in [2.45, 2.75) is 18.9 Å². The van der Waals surface area contributed by atoms with Crippen LogP contribution in [0.5, 0.6) is 0 Å². The molecule has 1 aromatic heterocycles. The largest absolute Gasteiger partial charge is 0.479 e. The number of rotatable bonds is 3.